The van der Waals surface area contributed by atoms with Crippen LogP contribution in [-0.4, -0.2) is 22.5 Å². The highest BCUT2D eigenvalue weighted by Gasteiger charge is 2.18. The SMILES string of the molecule is CCCCC(=O)NC(=S)Nc1ccccc1C(=O)NC(C)(C)C. The Balaban J connectivity index is 2.76. The number of rotatable bonds is 5. The van der Waals surface area contributed by atoms with E-state index in [1.807, 2.05) is 27.7 Å². The third-order valence-corrected chi connectivity index (χ3v) is 3.12. The fourth-order valence-corrected chi connectivity index (χ4v) is 2.10. The van der Waals surface area contributed by atoms with Crippen LogP contribution in [0.1, 0.15) is 57.3 Å². The van der Waals surface area contributed by atoms with Gasteiger partial charge < -0.3 is 16.0 Å². The van der Waals surface area contributed by atoms with Gasteiger partial charge in [0, 0.05) is 12.0 Å². The molecule has 0 heterocycles. The molecule has 0 unspecified atom stereocenters. The zero-order chi connectivity index (χ0) is 17.5. The summed E-state index contributed by atoms with van der Waals surface area (Å²) in [7, 11) is 0. The van der Waals surface area contributed by atoms with Gasteiger partial charge in [0.1, 0.15) is 0 Å². The third kappa shape index (κ3) is 7.23. The van der Waals surface area contributed by atoms with Gasteiger partial charge in [0.15, 0.2) is 5.11 Å². The van der Waals surface area contributed by atoms with Gasteiger partial charge in [-0.1, -0.05) is 25.5 Å². The molecule has 5 nitrogen and oxygen atoms in total. The first kappa shape index (κ1) is 19.1. The van der Waals surface area contributed by atoms with Gasteiger partial charge in [-0.15, -0.1) is 0 Å². The molecule has 1 aromatic rings. The summed E-state index contributed by atoms with van der Waals surface area (Å²) >= 11 is 5.14. The van der Waals surface area contributed by atoms with E-state index in [2.05, 4.69) is 16.0 Å². The van der Waals surface area contributed by atoms with E-state index in [-0.39, 0.29) is 22.5 Å². The standard InChI is InChI=1S/C17H25N3O2S/c1-5-6-11-14(21)19-16(23)18-13-10-8-7-9-12(13)15(22)20-17(2,3)4/h7-10H,5-6,11H2,1-4H3,(H,20,22)(H2,18,19,21,23). The molecule has 0 aliphatic rings. The van der Waals surface area contributed by atoms with E-state index < -0.39 is 0 Å². The van der Waals surface area contributed by atoms with E-state index in [9.17, 15) is 9.59 Å². The topological polar surface area (TPSA) is 70.2 Å². The second-order valence-electron chi connectivity index (χ2n) is 6.36. The zero-order valence-corrected chi connectivity index (χ0v) is 15.0. The van der Waals surface area contributed by atoms with E-state index in [0.717, 1.165) is 12.8 Å². The molecule has 0 radical (unpaired) electrons. The molecule has 3 N–H and O–H groups in total. The lowest BCUT2D eigenvalue weighted by molar-refractivity contribution is -0.119. The Hall–Kier alpha value is -1.95. The fourth-order valence-electron chi connectivity index (χ4n) is 1.88. The summed E-state index contributed by atoms with van der Waals surface area (Å²) in [6.07, 6.45) is 2.20. The molecule has 23 heavy (non-hydrogen) atoms. The monoisotopic (exact) mass is 335 g/mol. The summed E-state index contributed by atoms with van der Waals surface area (Å²) in [5, 5.41) is 8.66. The normalized spacial score (nSPS) is 10.8. The van der Waals surface area contributed by atoms with E-state index in [0.29, 0.717) is 17.7 Å². The second-order valence-corrected chi connectivity index (χ2v) is 6.76. The number of unbranched alkanes of at least 4 members (excludes halogenated alkanes) is 1. The number of benzene rings is 1. The van der Waals surface area contributed by atoms with E-state index in [1.165, 1.54) is 0 Å². The highest BCUT2D eigenvalue weighted by atomic mass is 32.1. The molecule has 126 valence electrons. The molecular formula is C17H25N3O2S. The lowest BCUT2D eigenvalue weighted by Crippen LogP contribution is -2.41. The molecule has 2 amide bonds. The van der Waals surface area contributed by atoms with Gasteiger partial charge in [-0.25, -0.2) is 0 Å². The Morgan fingerprint density at radius 3 is 2.43 bits per heavy atom. The van der Waals surface area contributed by atoms with Crippen LogP contribution < -0.4 is 16.0 Å². The quantitative estimate of drug-likeness (QED) is 0.723. The van der Waals surface area contributed by atoms with Crippen molar-refractivity contribution in [3.8, 4) is 0 Å². The van der Waals surface area contributed by atoms with Gasteiger partial charge in [0.05, 0.1) is 11.3 Å². The zero-order valence-electron chi connectivity index (χ0n) is 14.2. The minimum Gasteiger partial charge on any atom is -0.347 e. The summed E-state index contributed by atoms with van der Waals surface area (Å²) in [5.41, 5.74) is 0.710. The molecule has 0 spiro atoms. The predicted molar refractivity (Wildman–Crippen MR) is 97.5 cm³/mol. The van der Waals surface area contributed by atoms with Crippen molar-refractivity contribution in [2.24, 2.45) is 0 Å². The highest BCUT2D eigenvalue weighted by Crippen LogP contribution is 2.16. The molecular weight excluding hydrogens is 310 g/mol. The average molecular weight is 335 g/mol. The Bertz CT molecular complexity index is 579. The third-order valence-electron chi connectivity index (χ3n) is 2.92. The van der Waals surface area contributed by atoms with E-state index >= 15 is 0 Å². The van der Waals surface area contributed by atoms with Crippen LogP contribution in [-0.2, 0) is 4.79 Å². The average Bonchev–Trinajstić information content (AvgIpc) is 2.43. The van der Waals surface area contributed by atoms with Gasteiger partial charge in [0.2, 0.25) is 5.91 Å². The molecule has 0 aromatic heterocycles. The maximum absolute atomic E-state index is 12.3. The van der Waals surface area contributed by atoms with Crippen molar-refractivity contribution < 1.29 is 9.59 Å². The van der Waals surface area contributed by atoms with E-state index in [4.69, 9.17) is 12.2 Å². The van der Waals surface area contributed by atoms with Crippen molar-refractivity contribution >= 4 is 34.8 Å². The van der Waals surface area contributed by atoms with Crippen molar-refractivity contribution in [1.82, 2.24) is 10.6 Å². The van der Waals surface area contributed by atoms with Gasteiger partial charge in [-0.2, -0.15) is 0 Å². The number of hydrogen-bond acceptors (Lipinski definition) is 3. The van der Waals surface area contributed by atoms with Crippen LogP contribution in [0.5, 0.6) is 0 Å². The summed E-state index contributed by atoms with van der Waals surface area (Å²) in [4.78, 5) is 24.0. The minimum absolute atomic E-state index is 0.124. The Kier molecular flexibility index (Phi) is 7.16. The summed E-state index contributed by atoms with van der Waals surface area (Å²) < 4.78 is 0. The number of carbonyl (C=O) groups excluding carboxylic acids is 2. The van der Waals surface area contributed by atoms with Crippen LogP contribution in [0, 0.1) is 0 Å². The number of hydrogen-bond donors (Lipinski definition) is 3. The lowest BCUT2D eigenvalue weighted by Gasteiger charge is -2.21. The number of amides is 2. The molecule has 0 aliphatic heterocycles. The molecule has 6 heteroatoms. The van der Waals surface area contributed by atoms with Crippen LogP contribution >= 0.6 is 12.2 Å². The first-order valence-corrected chi connectivity index (χ1v) is 8.16. The molecule has 0 atom stereocenters. The van der Waals surface area contributed by atoms with Crippen LogP contribution in [0.3, 0.4) is 0 Å². The van der Waals surface area contributed by atoms with Crippen molar-refractivity contribution in [2.45, 2.75) is 52.5 Å². The van der Waals surface area contributed by atoms with Crippen molar-refractivity contribution in [3.63, 3.8) is 0 Å². The first-order valence-electron chi connectivity index (χ1n) is 7.75. The predicted octanol–water partition coefficient (Wildman–Crippen LogP) is 3.22. The molecule has 0 fully saturated rings. The minimum atomic E-state index is -0.334. The number of para-hydroxylation sites is 1. The largest absolute Gasteiger partial charge is 0.347 e. The Morgan fingerprint density at radius 2 is 1.83 bits per heavy atom. The van der Waals surface area contributed by atoms with Gasteiger partial charge in [0.25, 0.3) is 5.91 Å². The Morgan fingerprint density at radius 1 is 1.17 bits per heavy atom. The fraction of sp³-hybridized carbons (Fsp3) is 0.471. The van der Waals surface area contributed by atoms with Crippen LogP contribution in [0.15, 0.2) is 24.3 Å². The van der Waals surface area contributed by atoms with E-state index in [1.54, 1.807) is 24.3 Å². The summed E-state index contributed by atoms with van der Waals surface area (Å²) in [6, 6.07) is 7.05. The molecule has 0 saturated heterocycles. The number of nitrogens with one attached hydrogen (secondary N) is 3. The maximum Gasteiger partial charge on any atom is 0.253 e. The van der Waals surface area contributed by atoms with Gasteiger partial charge >= 0.3 is 0 Å². The highest BCUT2D eigenvalue weighted by molar-refractivity contribution is 7.80. The molecule has 1 rings (SSSR count). The summed E-state index contributed by atoms with van der Waals surface area (Å²) in [5.74, 6) is -0.318. The van der Waals surface area contributed by atoms with Crippen molar-refractivity contribution in [1.29, 1.82) is 0 Å². The smallest absolute Gasteiger partial charge is 0.253 e. The lowest BCUT2D eigenvalue weighted by atomic mass is 10.1. The van der Waals surface area contributed by atoms with Crippen molar-refractivity contribution in [2.75, 3.05) is 5.32 Å². The molecule has 0 saturated carbocycles. The number of anilines is 1. The number of carbonyl (C=O) groups is 2. The maximum atomic E-state index is 12.3. The molecule has 0 aliphatic carbocycles. The second kappa shape index (κ2) is 8.62. The van der Waals surface area contributed by atoms with Crippen LogP contribution in [0.4, 0.5) is 5.69 Å². The summed E-state index contributed by atoms with van der Waals surface area (Å²) in [6.45, 7) is 7.77. The Labute approximate surface area is 143 Å². The van der Waals surface area contributed by atoms with Crippen molar-refractivity contribution in [3.05, 3.63) is 29.8 Å². The molecule has 1 aromatic carbocycles. The molecule has 0 bridgehead atoms. The van der Waals surface area contributed by atoms with Crippen LogP contribution in [0.2, 0.25) is 0 Å². The number of thiocarbonyl (C=S) groups is 1. The first-order chi connectivity index (χ1) is 10.7. The van der Waals surface area contributed by atoms with Crippen LogP contribution in [0.25, 0.3) is 0 Å². The van der Waals surface area contributed by atoms with Gasteiger partial charge in [-0.3, -0.25) is 9.59 Å². The van der Waals surface area contributed by atoms with Gasteiger partial charge in [-0.05, 0) is 51.5 Å².